The van der Waals surface area contributed by atoms with Gasteiger partial charge in [0, 0.05) is 32.7 Å². The van der Waals surface area contributed by atoms with E-state index in [-0.39, 0.29) is 11.3 Å². The second-order valence-corrected chi connectivity index (χ2v) is 6.69. The molecule has 2 aliphatic rings. The molecule has 0 saturated carbocycles. The van der Waals surface area contributed by atoms with Crippen molar-refractivity contribution < 1.29 is 14.6 Å². The van der Waals surface area contributed by atoms with Crippen LogP contribution in [0.4, 0.5) is 0 Å². The zero-order valence-electron chi connectivity index (χ0n) is 12.2. The largest absolute Gasteiger partial charge is 0.391 e. The van der Waals surface area contributed by atoms with E-state index in [0.29, 0.717) is 18.9 Å². The summed E-state index contributed by atoms with van der Waals surface area (Å²) in [6, 6.07) is 0. The minimum atomic E-state index is -0.395. The van der Waals surface area contributed by atoms with Gasteiger partial charge in [0.2, 0.25) is 5.91 Å². The number of hydrogen-bond acceptors (Lipinski definition) is 3. The van der Waals surface area contributed by atoms with Crippen LogP contribution >= 0.6 is 0 Å². The Labute approximate surface area is 116 Å². The third kappa shape index (κ3) is 3.93. The van der Waals surface area contributed by atoms with E-state index in [1.807, 2.05) is 4.90 Å². The summed E-state index contributed by atoms with van der Waals surface area (Å²) < 4.78 is 5.33. The van der Waals surface area contributed by atoms with E-state index >= 15 is 0 Å². The highest BCUT2D eigenvalue weighted by Crippen LogP contribution is 2.31. The average molecular weight is 269 g/mol. The van der Waals surface area contributed by atoms with Crippen molar-refractivity contribution >= 4 is 5.91 Å². The Kier molecular flexibility index (Phi) is 4.85. The number of hydrogen-bond donors (Lipinski definition) is 1. The summed E-state index contributed by atoms with van der Waals surface area (Å²) >= 11 is 0. The molecule has 2 aliphatic heterocycles. The van der Waals surface area contributed by atoms with Crippen molar-refractivity contribution in [2.45, 2.75) is 52.1 Å². The molecule has 4 heteroatoms. The highest BCUT2D eigenvalue weighted by molar-refractivity contribution is 5.76. The Hall–Kier alpha value is -0.610. The number of aliphatic hydroxyl groups is 1. The molecule has 2 fully saturated rings. The Bertz CT molecular complexity index is 311. The van der Waals surface area contributed by atoms with Crippen LogP contribution in [0.5, 0.6) is 0 Å². The summed E-state index contributed by atoms with van der Waals surface area (Å²) in [6.07, 6.45) is 4.26. The molecule has 1 amide bonds. The predicted molar refractivity (Wildman–Crippen MR) is 73.8 cm³/mol. The minimum absolute atomic E-state index is 0.0580. The van der Waals surface area contributed by atoms with Crippen LogP contribution in [-0.2, 0) is 9.53 Å². The smallest absolute Gasteiger partial charge is 0.222 e. The molecule has 1 N–H and O–H groups in total. The van der Waals surface area contributed by atoms with Gasteiger partial charge in [-0.15, -0.1) is 0 Å². The molecule has 0 aliphatic carbocycles. The van der Waals surface area contributed by atoms with Crippen molar-refractivity contribution in [2.24, 2.45) is 11.3 Å². The number of rotatable bonds is 3. The number of nitrogens with zero attached hydrogens (tertiary/aromatic N) is 1. The number of ether oxygens (including phenoxy) is 1. The number of likely N-dealkylation sites (tertiary alicyclic amines) is 1. The van der Waals surface area contributed by atoms with Gasteiger partial charge >= 0.3 is 0 Å². The van der Waals surface area contributed by atoms with Crippen molar-refractivity contribution in [2.75, 3.05) is 26.3 Å². The van der Waals surface area contributed by atoms with Crippen LogP contribution in [-0.4, -0.2) is 48.3 Å². The van der Waals surface area contributed by atoms with Crippen molar-refractivity contribution in [3.05, 3.63) is 0 Å². The lowest BCUT2D eigenvalue weighted by atomic mass is 9.80. The molecule has 1 unspecified atom stereocenters. The van der Waals surface area contributed by atoms with Gasteiger partial charge in [-0.3, -0.25) is 4.79 Å². The number of carbonyl (C=O) groups is 1. The van der Waals surface area contributed by atoms with Gasteiger partial charge in [0.25, 0.3) is 0 Å². The SMILES string of the molecule is CC1(C)CCN(C(=O)CCC2CCOCC2)CC1O. The van der Waals surface area contributed by atoms with Crippen LogP contribution in [0.2, 0.25) is 0 Å². The lowest BCUT2D eigenvalue weighted by molar-refractivity contribution is -0.138. The van der Waals surface area contributed by atoms with Crippen molar-refractivity contribution in [1.82, 2.24) is 4.90 Å². The van der Waals surface area contributed by atoms with Gasteiger partial charge in [-0.05, 0) is 37.0 Å². The summed E-state index contributed by atoms with van der Waals surface area (Å²) in [5.74, 6) is 0.852. The predicted octanol–water partition coefficient (Wildman–Crippen LogP) is 1.81. The van der Waals surface area contributed by atoms with Crippen LogP contribution in [0.1, 0.15) is 46.0 Å². The molecule has 1 atom stereocenters. The third-order valence-electron chi connectivity index (χ3n) is 4.78. The molecule has 2 heterocycles. The molecule has 0 radical (unpaired) electrons. The van der Waals surface area contributed by atoms with E-state index in [9.17, 15) is 9.90 Å². The molecule has 0 aromatic rings. The molecule has 2 rings (SSSR count). The van der Waals surface area contributed by atoms with Crippen molar-refractivity contribution in [1.29, 1.82) is 0 Å². The third-order valence-corrected chi connectivity index (χ3v) is 4.78. The molecule has 110 valence electrons. The number of aliphatic hydroxyl groups excluding tert-OH is 1. The molecule has 4 nitrogen and oxygen atoms in total. The fourth-order valence-corrected chi connectivity index (χ4v) is 2.88. The maximum atomic E-state index is 12.2. The number of piperidine rings is 1. The Morgan fingerprint density at radius 1 is 1.37 bits per heavy atom. The second-order valence-electron chi connectivity index (χ2n) is 6.69. The molecular formula is C15H27NO3. The number of carbonyl (C=O) groups excluding carboxylic acids is 1. The molecular weight excluding hydrogens is 242 g/mol. The highest BCUT2D eigenvalue weighted by atomic mass is 16.5. The Morgan fingerprint density at radius 2 is 2.05 bits per heavy atom. The van der Waals surface area contributed by atoms with Crippen LogP contribution in [0, 0.1) is 11.3 Å². The van der Waals surface area contributed by atoms with Gasteiger partial charge in [0.15, 0.2) is 0 Å². The van der Waals surface area contributed by atoms with Crippen molar-refractivity contribution in [3.63, 3.8) is 0 Å². The maximum absolute atomic E-state index is 12.2. The van der Waals surface area contributed by atoms with E-state index in [2.05, 4.69) is 13.8 Å². The van der Waals surface area contributed by atoms with E-state index < -0.39 is 6.10 Å². The first-order chi connectivity index (χ1) is 8.99. The fourth-order valence-electron chi connectivity index (χ4n) is 2.88. The second kappa shape index (κ2) is 6.23. The van der Waals surface area contributed by atoms with Crippen LogP contribution in [0.25, 0.3) is 0 Å². The van der Waals surface area contributed by atoms with Crippen molar-refractivity contribution in [3.8, 4) is 0 Å². The van der Waals surface area contributed by atoms with Gasteiger partial charge < -0.3 is 14.7 Å². The molecule has 0 aromatic heterocycles. The fraction of sp³-hybridized carbons (Fsp3) is 0.933. The first kappa shape index (κ1) is 14.8. The maximum Gasteiger partial charge on any atom is 0.222 e. The lowest BCUT2D eigenvalue weighted by Crippen LogP contribution is -2.50. The monoisotopic (exact) mass is 269 g/mol. The first-order valence-electron chi connectivity index (χ1n) is 7.52. The zero-order valence-corrected chi connectivity index (χ0v) is 12.2. The van der Waals surface area contributed by atoms with E-state index in [1.54, 1.807) is 0 Å². The van der Waals surface area contributed by atoms with Gasteiger partial charge in [0.05, 0.1) is 6.10 Å². The summed E-state index contributed by atoms with van der Waals surface area (Å²) in [5, 5.41) is 10.1. The topological polar surface area (TPSA) is 49.8 Å². The summed E-state index contributed by atoms with van der Waals surface area (Å²) in [5.41, 5.74) is -0.0580. The zero-order chi connectivity index (χ0) is 13.9. The molecule has 19 heavy (non-hydrogen) atoms. The average Bonchev–Trinajstić information content (AvgIpc) is 2.40. The Morgan fingerprint density at radius 3 is 2.68 bits per heavy atom. The molecule has 0 spiro atoms. The lowest BCUT2D eigenvalue weighted by Gasteiger charge is -2.41. The van der Waals surface area contributed by atoms with Gasteiger partial charge in [-0.2, -0.15) is 0 Å². The standard InChI is InChI=1S/C15H27NO3/c1-15(2)7-8-16(11-13(15)17)14(18)4-3-12-5-9-19-10-6-12/h12-13,17H,3-11H2,1-2H3. The van der Waals surface area contributed by atoms with Crippen LogP contribution < -0.4 is 0 Å². The summed E-state index contributed by atoms with van der Waals surface area (Å²) in [7, 11) is 0. The number of amides is 1. The molecule has 0 bridgehead atoms. The quantitative estimate of drug-likeness (QED) is 0.850. The summed E-state index contributed by atoms with van der Waals surface area (Å²) in [6.45, 7) is 7.12. The van der Waals surface area contributed by atoms with E-state index in [4.69, 9.17) is 4.74 Å². The molecule has 0 aromatic carbocycles. The van der Waals surface area contributed by atoms with E-state index in [0.717, 1.165) is 45.4 Å². The van der Waals surface area contributed by atoms with Gasteiger partial charge in [0.1, 0.15) is 0 Å². The van der Waals surface area contributed by atoms with Gasteiger partial charge in [-0.1, -0.05) is 13.8 Å². The normalized spacial score (nSPS) is 28.4. The first-order valence-corrected chi connectivity index (χ1v) is 7.52. The molecule has 2 saturated heterocycles. The highest BCUT2D eigenvalue weighted by Gasteiger charge is 2.35. The van der Waals surface area contributed by atoms with Gasteiger partial charge in [-0.25, -0.2) is 0 Å². The minimum Gasteiger partial charge on any atom is -0.391 e. The van der Waals surface area contributed by atoms with Crippen LogP contribution in [0.15, 0.2) is 0 Å². The number of β-amino-alcohol motifs (C(OH)–C–C–N with tert-alkyl or cyclic N) is 1. The van der Waals surface area contributed by atoms with Crippen LogP contribution in [0.3, 0.4) is 0 Å². The Balaban J connectivity index is 1.74. The summed E-state index contributed by atoms with van der Waals surface area (Å²) in [4.78, 5) is 14.0. The van der Waals surface area contributed by atoms with E-state index in [1.165, 1.54) is 0 Å².